The van der Waals surface area contributed by atoms with E-state index < -0.39 is 0 Å². The summed E-state index contributed by atoms with van der Waals surface area (Å²) in [6.45, 7) is 0.333. The number of hydrogen-bond acceptors (Lipinski definition) is 5. The summed E-state index contributed by atoms with van der Waals surface area (Å²) in [7, 11) is 0. The maximum atomic E-state index is 12.6. The third kappa shape index (κ3) is 4.59. The van der Waals surface area contributed by atoms with Crippen molar-refractivity contribution in [3.8, 4) is 17.0 Å². The van der Waals surface area contributed by atoms with E-state index in [1.165, 1.54) is 0 Å². The zero-order valence-corrected chi connectivity index (χ0v) is 15.9. The van der Waals surface area contributed by atoms with E-state index in [9.17, 15) is 4.79 Å². The average molecular weight is 406 g/mol. The minimum atomic E-state index is -0.377. The summed E-state index contributed by atoms with van der Waals surface area (Å²) in [5.41, 5.74) is 2.69. The van der Waals surface area contributed by atoms with Gasteiger partial charge in [0.25, 0.3) is 5.91 Å². The van der Waals surface area contributed by atoms with Crippen LogP contribution in [0.4, 0.5) is 5.82 Å². The molecule has 0 aliphatic carbocycles. The van der Waals surface area contributed by atoms with Crippen molar-refractivity contribution >= 4 is 23.3 Å². The maximum Gasteiger partial charge on any atom is 0.274 e. The zero-order chi connectivity index (χ0) is 20.1. The number of hydrogen-bond donors (Lipinski definition) is 2. The van der Waals surface area contributed by atoms with Crippen molar-refractivity contribution in [1.29, 1.82) is 0 Å². The topological polar surface area (TPSA) is 92.8 Å². The Balaban J connectivity index is 1.48. The third-order valence-electron chi connectivity index (χ3n) is 4.09. The largest absolute Gasteiger partial charge is 0.485 e. The van der Waals surface area contributed by atoms with Crippen molar-refractivity contribution in [3.63, 3.8) is 0 Å². The number of aromatic amines is 1. The molecule has 0 aliphatic rings. The van der Waals surface area contributed by atoms with Gasteiger partial charge in [0.05, 0.1) is 5.69 Å². The van der Waals surface area contributed by atoms with E-state index in [-0.39, 0.29) is 5.91 Å². The number of aromatic nitrogens is 4. The van der Waals surface area contributed by atoms with Crippen LogP contribution in [-0.4, -0.2) is 26.1 Å². The van der Waals surface area contributed by atoms with Crippen LogP contribution in [-0.2, 0) is 6.61 Å². The van der Waals surface area contributed by atoms with Crippen LogP contribution in [0.5, 0.6) is 5.75 Å². The smallest absolute Gasteiger partial charge is 0.274 e. The van der Waals surface area contributed by atoms with Crippen LogP contribution >= 0.6 is 11.6 Å². The normalized spacial score (nSPS) is 10.5. The Morgan fingerprint density at radius 1 is 1.07 bits per heavy atom. The molecule has 1 aromatic carbocycles. The highest BCUT2D eigenvalue weighted by molar-refractivity contribution is 6.30. The summed E-state index contributed by atoms with van der Waals surface area (Å²) < 4.78 is 5.80. The molecule has 0 bridgehead atoms. The van der Waals surface area contributed by atoms with Gasteiger partial charge in [-0.1, -0.05) is 23.7 Å². The Hall–Kier alpha value is -3.71. The van der Waals surface area contributed by atoms with Crippen LogP contribution in [0, 0.1) is 0 Å². The fourth-order valence-electron chi connectivity index (χ4n) is 2.65. The average Bonchev–Trinajstić information content (AvgIpc) is 3.24. The lowest BCUT2D eigenvalue weighted by atomic mass is 10.1. The summed E-state index contributed by atoms with van der Waals surface area (Å²) in [4.78, 5) is 20.8. The molecule has 0 saturated heterocycles. The molecule has 0 unspecified atom stereocenters. The molecule has 0 aliphatic heterocycles. The lowest BCUT2D eigenvalue weighted by Gasteiger charge is -2.11. The molecular formula is C21H16ClN5O2. The number of pyridine rings is 2. The number of rotatable bonds is 6. The minimum absolute atomic E-state index is 0.297. The molecular weight excluding hydrogens is 390 g/mol. The predicted octanol–water partition coefficient (Wildman–Crippen LogP) is 4.35. The Labute approximate surface area is 171 Å². The van der Waals surface area contributed by atoms with Gasteiger partial charge >= 0.3 is 0 Å². The molecule has 144 valence electrons. The molecule has 0 spiro atoms. The van der Waals surface area contributed by atoms with Gasteiger partial charge in [0, 0.05) is 29.2 Å². The molecule has 7 nitrogen and oxygen atoms in total. The number of nitrogens with one attached hydrogen (secondary N) is 2. The first-order valence-electron chi connectivity index (χ1n) is 8.78. The van der Waals surface area contributed by atoms with Gasteiger partial charge in [-0.15, -0.1) is 0 Å². The van der Waals surface area contributed by atoms with E-state index in [1.54, 1.807) is 48.9 Å². The molecule has 0 atom stereocenters. The summed E-state index contributed by atoms with van der Waals surface area (Å²) in [6.07, 6.45) is 4.97. The molecule has 8 heteroatoms. The maximum absolute atomic E-state index is 12.6. The van der Waals surface area contributed by atoms with Crippen molar-refractivity contribution in [2.24, 2.45) is 0 Å². The molecule has 2 N–H and O–H groups in total. The SMILES string of the molecule is O=C(Nc1ncccc1OCc1ccncc1)c1cc(-c2cccc(Cl)c2)n[nH]1. The number of ether oxygens (including phenoxy) is 1. The van der Waals surface area contributed by atoms with Crippen molar-refractivity contribution in [3.05, 3.63) is 89.5 Å². The highest BCUT2D eigenvalue weighted by atomic mass is 35.5. The lowest BCUT2D eigenvalue weighted by molar-refractivity contribution is 0.102. The van der Waals surface area contributed by atoms with Crippen LogP contribution in [0.3, 0.4) is 0 Å². The highest BCUT2D eigenvalue weighted by Crippen LogP contribution is 2.24. The first-order valence-corrected chi connectivity index (χ1v) is 9.16. The van der Waals surface area contributed by atoms with E-state index >= 15 is 0 Å². The highest BCUT2D eigenvalue weighted by Gasteiger charge is 2.14. The summed E-state index contributed by atoms with van der Waals surface area (Å²) in [5, 5.41) is 10.3. The fraction of sp³-hybridized carbons (Fsp3) is 0.0476. The molecule has 0 saturated carbocycles. The Bertz CT molecular complexity index is 1130. The van der Waals surface area contributed by atoms with E-state index in [1.807, 2.05) is 24.3 Å². The minimum Gasteiger partial charge on any atom is -0.485 e. The molecule has 4 rings (SSSR count). The molecule has 3 aromatic heterocycles. The number of carbonyl (C=O) groups is 1. The van der Waals surface area contributed by atoms with Gasteiger partial charge in [-0.2, -0.15) is 5.10 Å². The van der Waals surface area contributed by atoms with Crippen LogP contribution in [0.25, 0.3) is 11.3 Å². The molecule has 29 heavy (non-hydrogen) atoms. The van der Waals surface area contributed by atoms with E-state index in [0.717, 1.165) is 11.1 Å². The first-order chi connectivity index (χ1) is 14.2. The van der Waals surface area contributed by atoms with Crippen molar-refractivity contribution < 1.29 is 9.53 Å². The van der Waals surface area contributed by atoms with Gasteiger partial charge in [-0.05, 0) is 48.0 Å². The molecule has 4 aromatic rings. The van der Waals surface area contributed by atoms with Crippen LogP contribution < -0.4 is 10.1 Å². The standard InChI is InChI=1S/C21H16ClN5O2/c22-16-4-1-3-15(11-16)17-12-18(27-26-17)21(28)25-20-19(5-2-8-24-20)29-13-14-6-9-23-10-7-14/h1-12H,13H2,(H,26,27)(H,24,25,28). The van der Waals surface area contributed by atoms with Gasteiger partial charge in [0.1, 0.15) is 12.3 Å². The molecule has 0 fully saturated rings. The number of benzene rings is 1. The number of carbonyl (C=O) groups excluding carboxylic acids is 1. The van der Waals surface area contributed by atoms with E-state index in [4.69, 9.17) is 16.3 Å². The Morgan fingerprint density at radius 2 is 1.93 bits per heavy atom. The quantitative estimate of drug-likeness (QED) is 0.497. The van der Waals surface area contributed by atoms with Gasteiger partial charge in [0.2, 0.25) is 0 Å². The van der Waals surface area contributed by atoms with Gasteiger partial charge in [0.15, 0.2) is 11.6 Å². The number of amides is 1. The lowest BCUT2D eigenvalue weighted by Crippen LogP contribution is -2.14. The third-order valence-corrected chi connectivity index (χ3v) is 4.32. The molecule has 0 radical (unpaired) electrons. The first kappa shape index (κ1) is 18.6. The number of anilines is 1. The second kappa shape index (κ2) is 8.53. The summed E-state index contributed by atoms with van der Waals surface area (Å²) >= 11 is 6.02. The Kier molecular flexibility index (Phi) is 5.49. The summed E-state index contributed by atoms with van der Waals surface area (Å²) in [6, 6.07) is 16.1. The Morgan fingerprint density at radius 3 is 2.76 bits per heavy atom. The number of H-pyrrole nitrogens is 1. The van der Waals surface area contributed by atoms with Crippen LogP contribution in [0.2, 0.25) is 5.02 Å². The number of nitrogens with zero attached hydrogens (tertiary/aromatic N) is 3. The predicted molar refractivity (Wildman–Crippen MR) is 110 cm³/mol. The van der Waals surface area contributed by atoms with Crippen LogP contribution in [0.15, 0.2) is 73.2 Å². The van der Waals surface area contributed by atoms with Crippen LogP contribution in [0.1, 0.15) is 16.1 Å². The van der Waals surface area contributed by atoms with E-state index in [2.05, 4.69) is 25.5 Å². The van der Waals surface area contributed by atoms with Crippen molar-refractivity contribution in [2.45, 2.75) is 6.61 Å². The van der Waals surface area contributed by atoms with Gasteiger partial charge in [-0.3, -0.25) is 14.9 Å². The monoisotopic (exact) mass is 405 g/mol. The van der Waals surface area contributed by atoms with Crippen molar-refractivity contribution in [2.75, 3.05) is 5.32 Å². The van der Waals surface area contributed by atoms with Gasteiger partial charge < -0.3 is 10.1 Å². The molecule has 3 heterocycles. The van der Waals surface area contributed by atoms with Gasteiger partial charge in [-0.25, -0.2) is 4.98 Å². The number of halogens is 1. The fourth-order valence-corrected chi connectivity index (χ4v) is 2.84. The summed E-state index contributed by atoms with van der Waals surface area (Å²) in [5.74, 6) is 0.413. The second-order valence-electron chi connectivity index (χ2n) is 6.13. The zero-order valence-electron chi connectivity index (χ0n) is 15.2. The van der Waals surface area contributed by atoms with E-state index in [0.29, 0.717) is 34.6 Å². The molecule has 1 amide bonds. The second-order valence-corrected chi connectivity index (χ2v) is 6.56. The van der Waals surface area contributed by atoms with Crippen molar-refractivity contribution in [1.82, 2.24) is 20.2 Å².